The van der Waals surface area contributed by atoms with Crippen molar-refractivity contribution in [3.05, 3.63) is 96.6 Å². The Morgan fingerprint density at radius 1 is 0.774 bits per heavy atom. The lowest BCUT2D eigenvalue weighted by Crippen LogP contribution is -2.04. The molecule has 3 heteroatoms. The minimum absolute atomic E-state index is 0.713. The fraction of sp³-hybridized carbons (Fsp3) is 0.179. The summed E-state index contributed by atoms with van der Waals surface area (Å²) >= 11 is 0. The maximum atomic E-state index is 6.03. The summed E-state index contributed by atoms with van der Waals surface area (Å²) in [4.78, 5) is 4.95. The second-order valence-corrected chi connectivity index (χ2v) is 7.96. The standard InChI is InChI=1S/C28H26N2O/c1-21-10-2-5-13-25(21)28-29-26-14-6-7-15-27(26)30(28)18-8-9-19-31-24-17-16-22-11-3-4-12-23(22)20-24/h2-7,10-17,20H,8-9,18-19H2,1H3. The van der Waals surface area contributed by atoms with E-state index in [1.54, 1.807) is 0 Å². The lowest BCUT2D eigenvalue weighted by molar-refractivity contribution is 0.304. The van der Waals surface area contributed by atoms with Gasteiger partial charge in [0.25, 0.3) is 0 Å². The largest absolute Gasteiger partial charge is 0.494 e. The number of unbranched alkanes of at least 4 members (excludes halogenated alkanes) is 1. The topological polar surface area (TPSA) is 27.1 Å². The number of benzene rings is 4. The van der Waals surface area contributed by atoms with Gasteiger partial charge in [-0.3, -0.25) is 0 Å². The molecule has 154 valence electrons. The number of nitrogens with zero attached hydrogens (tertiary/aromatic N) is 2. The van der Waals surface area contributed by atoms with E-state index in [9.17, 15) is 0 Å². The highest BCUT2D eigenvalue weighted by Crippen LogP contribution is 2.27. The third-order valence-electron chi connectivity index (χ3n) is 5.81. The Bertz CT molecular complexity index is 1340. The predicted molar refractivity (Wildman–Crippen MR) is 129 cm³/mol. The minimum Gasteiger partial charge on any atom is -0.494 e. The number of hydrogen-bond donors (Lipinski definition) is 0. The average Bonchev–Trinajstić information content (AvgIpc) is 3.17. The Hall–Kier alpha value is -3.59. The van der Waals surface area contributed by atoms with Crippen molar-refractivity contribution in [3.63, 3.8) is 0 Å². The molecule has 0 N–H and O–H groups in total. The monoisotopic (exact) mass is 406 g/mol. The Morgan fingerprint density at radius 2 is 1.55 bits per heavy atom. The van der Waals surface area contributed by atoms with E-state index in [2.05, 4.69) is 102 Å². The molecule has 0 spiro atoms. The van der Waals surface area contributed by atoms with Gasteiger partial charge in [0.15, 0.2) is 0 Å². The van der Waals surface area contributed by atoms with Gasteiger partial charge in [0.05, 0.1) is 17.6 Å². The summed E-state index contributed by atoms with van der Waals surface area (Å²) in [5.74, 6) is 1.99. The lowest BCUT2D eigenvalue weighted by atomic mass is 10.1. The Kier molecular flexibility index (Phi) is 5.40. The minimum atomic E-state index is 0.713. The van der Waals surface area contributed by atoms with Crippen molar-refractivity contribution in [2.45, 2.75) is 26.3 Å². The van der Waals surface area contributed by atoms with Crippen LogP contribution in [0, 0.1) is 6.92 Å². The van der Waals surface area contributed by atoms with Crippen molar-refractivity contribution in [1.82, 2.24) is 9.55 Å². The Labute approximate surface area is 182 Å². The molecule has 0 radical (unpaired) electrons. The van der Waals surface area contributed by atoms with Crippen molar-refractivity contribution in [2.24, 2.45) is 0 Å². The molecule has 0 unspecified atom stereocenters. The summed E-state index contributed by atoms with van der Waals surface area (Å²) in [6, 6.07) is 31.6. The molecule has 0 aliphatic heterocycles. The number of hydrogen-bond acceptors (Lipinski definition) is 2. The molecule has 0 saturated heterocycles. The molecule has 0 fully saturated rings. The van der Waals surface area contributed by atoms with Crippen molar-refractivity contribution in [2.75, 3.05) is 6.61 Å². The molecule has 0 bridgehead atoms. The Balaban J connectivity index is 1.28. The van der Waals surface area contributed by atoms with Crippen molar-refractivity contribution in [1.29, 1.82) is 0 Å². The molecule has 31 heavy (non-hydrogen) atoms. The van der Waals surface area contributed by atoms with Crippen LogP contribution in [0.5, 0.6) is 5.75 Å². The van der Waals surface area contributed by atoms with Crippen LogP contribution in [0.2, 0.25) is 0 Å². The molecule has 0 atom stereocenters. The molecule has 3 nitrogen and oxygen atoms in total. The van der Waals surface area contributed by atoms with Crippen molar-refractivity contribution in [3.8, 4) is 17.1 Å². The van der Waals surface area contributed by atoms with E-state index in [-0.39, 0.29) is 0 Å². The van der Waals surface area contributed by atoms with Crippen LogP contribution in [0.4, 0.5) is 0 Å². The summed E-state index contributed by atoms with van der Waals surface area (Å²) in [6.45, 7) is 3.78. The molecule has 0 aliphatic rings. The number of imidazole rings is 1. The van der Waals surface area contributed by atoms with Gasteiger partial charge in [0.1, 0.15) is 11.6 Å². The van der Waals surface area contributed by atoms with Gasteiger partial charge in [0, 0.05) is 12.1 Å². The van der Waals surface area contributed by atoms with Gasteiger partial charge >= 0.3 is 0 Å². The van der Waals surface area contributed by atoms with Gasteiger partial charge in [-0.15, -0.1) is 0 Å². The van der Waals surface area contributed by atoms with Crippen LogP contribution in [-0.2, 0) is 6.54 Å². The number of para-hydroxylation sites is 2. The number of aromatic nitrogens is 2. The fourth-order valence-electron chi connectivity index (χ4n) is 4.15. The first kappa shape index (κ1) is 19.4. The van der Waals surface area contributed by atoms with E-state index < -0.39 is 0 Å². The third-order valence-corrected chi connectivity index (χ3v) is 5.81. The summed E-state index contributed by atoms with van der Waals surface area (Å²) in [5.41, 5.74) is 4.69. The van der Waals surface area contributed by atoms with Crippen LogP contribution in [0.3, 0.4) is 0 Å². The van der Waals surface area contributed by atoms with Gasteiger partial charge < -0.3 is 9.30 Å². The number of fused-ring (bicyclic) bond motifs is 2. The summed E-state index contributed by atoms with van der Waals surface area (Å²) in [5, 5.41) is 2.46. The maximum absolute atomic E-state index is 6.03. The first-order valence-corrected chi connectivity index (χ1v) is 10.9. The van der Waals surface area contributed by atoms with Gasteiger partial charge in [-0.25, -0.2) is 4.98 Å². The van der Waals surface area contributed by atoms with Crippen LogP contribution in [0.15, 0.2) is 91.0 Å². The normalized spacial score (nSPS) is 11.3. The molecule has 5 aromatic rings. The van der Waals surface area contributed by atoms with Crippen LogP contribution < -0.4 is 4.74 Å². The molecular weight excluding hydrogens is 380 g/mol. The summed E-state index contributed by atoms with van der Waals surface area (Å²) < 4.78 is 8.38. The van der Waals surface area contributed by atoms with E-state index in [4.69, 9.17) is 9.72 Å². The summed E-state index contributed by atoms with van der Waals surface area (Å²) in [6.07, 6.45) is 2.03. The zero-order chi connectivity index (χ0) is 21.0. The third kappa shape index (κ3) is 4.04. The Morgan fingerprint density at radius 3 is 2.45 bits per heavy atom. The lowest BCUT2D eigenvalue weighted by Gasteiger charge is -2.12. The van der Waals surface area contributed by atoms with Crippen LogP contribution in [0.25, 0.3) is 33.2 Å². The van der Waals surface area contributed by atoms with Crippen molar-refractivity contribution >= 4 is 21.8 Å². The van der Waals surface area contributed by atoms with Gasteiger partial charge in [-0.05, 0) is 60.4 Å². The quantitative estimate of drug-likeness (QED) is 0.271. The number of aryl methyl sites for hydroxylation is 2. The first-order chi connectivity index (χ1) is 15.3. The van der Waals surface area contributed by atoms with Crippen LogP contribution in [0.1, 0.15) is 18.4 Å². The molecule has 1 heterocycles. The van der Waals surface area contributed by atoms with Gasteiger partial charge in [-0.2, -0.15) is 0 Å². The fourth-order valence-corrected chi connectivity index (χ4v) is 4.15. The number of rotatable bonds is 7. The smallest absolute Gasteiger partial charge is 0.141 e. The van der Waals surface area contributed by atoms with Gasteiger partial charge in [0.2, 0.25) is 0 Å². The second kappa shape index (κ2) is 8.65. The highest BCUT2D eigenvalue weighted by molar-refractivity contribution is 5.83. The first-order valence-electron chi connectivity index (χ1n) is 10.9. The maximum Gasteiger partial charge on any atom is 0.141 e. The van der Waals surface area contributed by atoms with E-state index in [1.807, 2.05) is 0 Å². The molecule has 0 aliphatic carbocycles. The molecular formula is C28H26N2O. The molecule has 1 aromatic heterocycles. The molecule has 0 amide bonds. The van der Waals surface area contributed by atoms with E-state index in [0.29, 0.717) is 6.61 Å². The van der Waals surface area contributed by atoms with Crippen LogP contribution >= 0.6 is 0 Å². The van der Waals surface area contributed by atoms with Crippen LogP contribution in [-0.4, -0.2) is 16.2 Å². The highest BCUT2D eigenvalue weighted by atomic mass is 16.5. The highest BCUT2D eigenvalue weighted by Gasteiger charge is 2.13. The number of ether oxygens (including phenoxy) is 1. The molecule has 4 aromatic carbocycles. The summed E-state index contributed by atoms with van der Waals surface area (Å²) in [7, 11) is 0. The zero-order valence-corrected chi connectivity index (χ0v) is 17.8. The second-order valence-electron chi connectivity index (χ2n) is 7.96. The SMILES string of the molecule is Cc1ccccc1-c1nc2ccccc2n1CCCCOc1ccc2ccccc2c1. The van der Waals surface area contributed by atoms with E-state index in [0.717, 1.165) is 36.5 Å². The van der Waals surface area contributed by atoms with E-state index >= 15 is 0 Å². The predicted octanol–water partition coefficient (Wildman–Crippen LogP) is 7.02. The molecule has 0 saturated carbocycles. The molecule has 5 rings (SSSR count). The van der Waals surface area contributed by atoms with Crippen molar-refractivity contribution < 1.29 is 4.74 Å². The van der Waals surface area contributed by atoms with E-state index in [1.165, 1.54) is 27.4 Å². The zero-order valence-electron chi connectivity index (χ0n) is 17.8. The van der Waals surface area contributed by atoms with Gasteiger partial charge in [-0.1, -0.05) is 66.7 Å². The average molecular weight is 407 g/mol.